The predicted molar refractivity (Wildman–Crippen MR) is 82.7 cm³/mol. The van der Waals surface area contributed by atoms with Gasteiger partial charge < -0.3 is 4.74 Å². The van der Waals surface area contributed by atoms with Gasteiger partial charge in [0.15, 0.2) is 5.78 Å². The number of carbonyl (C=O) groups is 1. The minimum atomic E-state index is -0.182. The van der Waals surface area contributed by atoms with E-state index in [4.69, 9.17) is 4.74 Å². The van der Waals surface area contributed by atoms with E-state index < -0.39 is 0 Å². The Morgan fingerprint density at radius 3 is 2.48 bits per heavy atom. The molecule has 1 aliphatic rings. The molecular weight excluding hydrogens is 260 g/mol. The largest absolute Gasteiger partial charge is 0.485 e. The van der Waals surface area contributed by atoms with Crippen molar-refractivity contribution < 1.29 is 9.53 Å². The van der Waals surface area contributed by atoms with Crippen molar-refractivity contribution in [2.75, 3.05) is 0 Å². The monoisotopic (exact) mass is 274 g/mol. The van der Waals surface area contributed by atoms with Crippen LogP contribution < -0.4 is 4.74 Å². The first-order valence-corrected chi connectivity index (χ1v) is 7.09. The van der Waals surface area contributed by atoms with Crippen LogP contribution in [0.25, 0.3) is 10.8 Å². The lowest BCUT2D eigenvalue weighted by Gasteiger charge is -2.11. The van der Waals surface area contributed by atoms with E-state index in [0.29, 0.717) is 6.42 Å². The van der Waals surface area contributed by atoms with Crippen LogP contribution in [0.4, 0.5) is 0 Å². The van der Waals surface area contributed by atoms with Gasteiger partial charge in [-0.15, -0.1) is 0 Å². The molecule has 0 aliphatic carbocycles. The number of ether oxygens (including phenoxy) is 1. The molecule has 2 nitrogen and oxygen atoms in total. The summed E-state index contributed by atoms with van der Waals surface area (Å²) in [7, 11) is 0. The van der Waals surface area contributed by atoms with E-state index in [0.717, 1.165) is 22.3 Å². The Balaban J connectivity index is 1.68. The zero-order chi connectivity index (χ0) is 14.2. The van der Waals surface area contributed by atoms with E-state index in [1.165, 1.54) is 5.39 Å². The molecular formula is C19H14O2. The number of ketones is 1. The van der Waals surface area contributed by atoms with E-state index in [-0.39, 0.29) is 11.9 Å². The summed E-state index contributed by atoms with van der Waals surface area (Å²) in [6.07, 6.45) is 0.191. The smallest absolute Gasteiger partial charge is 0.166 e. The van der Waals surface area contributed by atoms with Crippen molar-refractivity contribution in [3.05, 3.63) is 77.9 Å². The summed E-state index contributed by atoms with van der Waals surface area (Å²) < 4.78 is 5.99. The van der Waals surface area contributed by atoms with Crippen LogP contribution >= 0.6 is 0 Å². The Bertz CT molecular complexity index is 816. The van der Waals surface area contributed by atoms with E-state index in [1.807, 2.05) is 48.5 Å². The lowest BCUT2D eigenvalue weighted by atomic mass is 9.97. The molecule has 2 heteroatoms. The van der Waals surface area contributed by atoms with Gasteiger partial charge in [-0.25, -0.2) is 0 Å². The summed E-state index contributed by atoms with van der Waals surface area (Å²) in [6, 6.07) is 21.6. The maximum Gasteiger partial charge on any atom is 0.166 e. The van der Waals surface area contributed by atoms with Gasteiger partial charge in [0.1, 0.15) is 11.9 Å². The molecule has 0 saturated carbocycles. The molecule has 3 aromatic carbocycles. The fourth-order valence-electron chi connectivity index (χ4n) is 2.98. The Morgan fingerprint density at radius 2 is 1.67 bits per heavy atom. The van der Waals surface area contributed by atoms with Gasteiger partial charge >= 0.3 is 0 Å². The van der Waals surface area contributed by atoms with Crippen LogP contribution in [0.2, 0.25) is 0 Å². The van der Waals surface area contributed by atoms with E-state index in [2.05, 4.69) is 18.2 Å². The van der Waals surface area contributed by atoms with E-state index >= 15 is 0 Å². The Hall–Kier alpha value is -2.61. The molecule has 1 heterocycles. The fourth-order valence-corrected chi connectivity index (χ4v) is 2.98. The highest BCUT2D eigenvalue weighted by Gasteiger charge is 2.27. The normalized spacial score (nSPS) is 15.9. The highest BCUT2D eigenvalue weighted by Crippen LogP contribution is 2.42. The van der Waals surface area contributed by atoms with E-state index in [1.54, 1.807) is 0 Å². The molecule has 1 atom stereocenters. The Kier molecular flexibility index (Phi) is 2.74. The van der Waals surface area contributed by atoms with Crippen molar-refractivity contribution in [1.82, 2.24) is 0 Å². The number of hydrogen-bond donors (Lipinski definition) is 0. The number of benzene rings is 3. The molecule has 0 saturated heterocycles. The highest BCUT2D eigenvalue weighted by molar-refractivity contribution is 5.98. The van der Waals surface area contributed by atoms with Crippen LogP contribution in [-0.2, 0) is 0 Å². The van der Waals surface area contributed by atoms with Crippen molar-refractivity contribution in [1.29, 1.82) is 0 Å². The summed E-state index contributed by atoms with van der Waals surface area (Å²) in [5.41, 5.74) is 1.86. The average molecular weight is 274 g/mol. The minimum absolute atomic E-state index is 0.116. The van der Waals surface area contributed by atoms with Gasteiger partial charge in [0, 0.05) is 16.5 Å². The van der Waals surface area contributed by atoms with Crippen molar-refractivity contribution in [3.8, 4) is 5.75 Å². The zero-order valence-electron chi connectivity index (χ0n) is 11.5. The first-order valence-electron chi connectivity index (χ1n) is 7.09. The molecule has 1 aliphatic heterocycles. The van der Waals surface area contributed by atoms with Crippen LogP contribution in [0.5, 0.6) is 5.75 Å². The molecule has 0 radical (unpaired) electrons. The van der Waals surface area contributed by atoms with Gasteiger partial charge in [-0.2, -0.15) is 0 Å². The molecule has 102 valence electrons. The standard InChI is InChI=1S/C19H14O2/c20-16(13-6-2-1-3-7-13)12-18-15-10-4-8-14-9-5-11-17(21-18)19(14)15/h1-11,18H,12H2. The van der Waals surface area contributed by atoms with Gasteiger partial charge in [0.2, 0.25) is 0 Å². The summed E-state index contributed by atoms with van der Waals surface area (Å²) in [6.45, 7) is 0. The van der Waals surface area contributed by atoms with Gasteiger partial charge in [-0.05, 0) is 11.5 Å². The highest BCUT2D eigenvalue weighted by atomic mass is 16.5. The third-order valence-electron chi connectivity index (χ3n) is 3.98. The third-order valence-corrected chi connectivity index (χ3v) is 3.98. The summed E-state index contributed by atoms with van der Waals surface area (Å²) in [5, 5.41) is 2.31. The molecule has 4 rings (SSSR count). The van der Waals surface area contributed by atoms with Crippen molar-refractivity contribution in [2.45, 2.75) is 12.5 Å². The predicted octanol–water partition coefficient (Wildman–Crippen LogP) is 4.55. The lowest BCUT2D eigenvalue weighted by molar-refractivity contribution is 0.0917. The molecule has 0 bridgehead atoms. The molecule has 0 aromatic heterocycles. The van der Waals surface area contributed by atoms with Crippen LogP contribution in [0.1, 0.15) is 28.4 Å². The Labute approximate surface area is 123 Å². The second-order valence-electron chi connectivity index (χ2n) is 5.30. The zero-order valence-corrected chi connectivity index (χ0v) is 11.5. The summed E-state index contributed by atoms with van der Waals surface area (Å²) in [5.74, 6) is 0.999. The summed E-state index contributed by atoms with van der Waals surface area (Å²) in [4.78, 5) is 12.4. The number of rotatable bonds is 3. The average Bonchev–Trinajstić information content (AvgIpc) is 2.89. The van der Waals surface area contributed by atoms with Crippen LogP contribution in [-0.4, -0.2) is 5.78 Å². The van der Waals surface area contributed by atoms with Gasteiger partial charge in [0.05, 0.1) is 6.42 Å². The first-order chi connectivity index (χ1) is 10.3. The second-order valence-corrected chi connectivity index (χ2v) is 5.30. The van der Waals surface area contributed by atoms with Crippen LogP contribution in [0, 0.1) is 0 Å². The van der Waals surface area contributed by atoms with Gasteiger partial charge in [-0.3, -0.25) is 4.79 Å². The number of carbonyl (C=O) groups excluding carboxylic acids is 1. The van der Waals surface area contributed by atoms with Gasteiger partial charge in [0.25, 0.3) is 0 Å². The first kappa shape index (κ1) is 12.2. The quantitative estimate of drug-likeness (QED) is 0.655. The topological polar surface area (TPSA) is 26.3 Å². The molecule has 0 N–H and O–H groups in total. The number of Topliss-reactive ketones (excluding diaryl/α,β-unsaturated/α-hetero) is 1. The molecule has 0 spiro atoms. The minimum Gasteiger partial charge on any atom is -0.485 e. The maximum absolute atomic E-state index is 12.4. The summed E-state index contributed by atoms with van der Waals surface area (Å²) >= 11 is 0. The molecule has 1 unspecified atom stereocenters. The SMILES string of the molecule is O=C(CC1Oc2cccc3cccc1c23)c1ccccc1. The fraction of sp³-hybridized carbons (Fsp3) is 0.105. The van der Waals surface area contributed by atoms with Crippen molar-refractivity contribution >= 4 is 16.6 Å². The van der Waals surface area contributed by atoms with E-state index in [9.17, 15) is 4.79 Å². The Morgan fingerprint density at radius 1 is 0.905 bits per heavy atom. The second kappa shape index (κ2) is 4.74. The van der Waals surface area contributed by atoms with Crippen LogP contribution in [0.15, 0.2) is 66.7 Å². The molecule has 0 fully saturated rings. The lowest BCUT2D eigenvalue weighted by Crippen LogP contribution is -2.09. The molecule has 0 amide bonds. The van der Waals surface area contributed by atoms with Crippen molar-refractivity contribution in [3.63, 3.8) is 0 Å². The van der Waals surface area contributed by atoms with Crippen LogP contribution in [0.3, 0.4) is 0 Å². The van der Waals surface area contributed by atoms with Crippen molar-refractivity contribution in [2.24, 2.45) is 0 Å². The molecule has 21 heavy (non-hydrogen) atoms. The maximum atomic E-state index is 12.4. The van der Waals surface area contributed by atoms with Gasteiger partial charge in [-0.1, -0.05) is 60.7 Å². The third kappa shape index (κ3) is 2.00. The number of hydrogen-bond acceptors (Lipinski definition) is 2. The molecule has 3 aromatic rings.